The van der Waals surface area contributed by atoms with E-state index in [4.69, 9.17) is 15.0 Å². The Bertz CT molecular complexity index is 587. The Balaban J connectivity index is 3.23. The summed E-state index contributed by atoms with van der Waals surface area (Å²) in [7, 11) is 3.33. The van der Waals surface area contributed by atoms with E-state index in [0.29, 0.717) is 5.56 Å². The van der Waals surface area contributed by atoms with Crippen LogP contribution in [-0.4, -0.2) is 37.5 Å². The van der Waals surface area contributed by atoms with E-state index in [1.807, 2.05) is 12.1 Å². The monoisotopic (exact) mass is 278 g/mol. The molecule has 0 aliphatic carbocycles. The fraction of sp³-hybridized carbons (Fsp3) is 0.333. The highest BCUT2D eigenvalue weighted by Crippen LogP contribution is 2.51. The zero-order valence-electron chi connectivity index (χ0n) is 11.3. The topological polar surface area (TPSA) is 80.4 Å². The molecule has 0 aliphatic rings. The van der Waals surface area contributed by atoms with Gasteiger partial charge in [0.25, 0.3) is 0 Å². The average Bonchev–Trinajstić information content (AvgIpc) is 2.38. The van der Waals surface area contributed by atoms with Crippen molar-refractivity contribution in [1.82, 2.24) is 9.34 Å². The van der Waals surface area contributed by atoms with Gasteiger partial charge in [0.1, 0.15) is 11.8 Å². The van der Waals surface area contributed by atoms with E-state index < -0.39 is 7.67 Å². The maximum absolute atomic E-state index is 12.7. The molecule has 0 amide bonds. The van der Waals surface area contributed by atoms with E-state index in [1.54, 1.807) is 28.2 Å². The third-order valence-corrected chi connectivity index (χ3v) is 4.91. The Morgan fingerprint density at radius 3 is 2.11 bits per heavy atom. The van der Waals surface area contributed by atoms with E-state index >= 15 is 0 Å². The summed E-state index contributed by atoms with van der Waals surface area (Å²) >= 11 is 0. The molecule has 0 unspecified atom stereocenters. The number of nitrogens with zero attached hydrogens (tertiary/aromatic N) is 4. The Morgan fingerprint density at radius 2 is 1.68 bits per heavy atom. The quantitative estimate of drug-likeness (QED) is 0.784. The summed E-state index contributed by atoms with van der Waals surface area (Å²) in [4.78, 5) is 0. The second-order valence-electron chi connectivity index (χ2n) is 4.21. The number of nitriles is 2. The molecule has 6 nitrogen and oxygen atoms in total. The van der Waals surface area contributed by atoms with Crippen molar-refractivity contribution in [1.29, 1.82) is 10.5 Å². The minimum Gasteiger partial charge on any atom is -0.420 e. The molecule has 0 fully saturated rings. The molecular formula is C12H15N4O2P. The van der Waals surface area contributed by atoms with Crippen molar-refractivity contribution in [3.8, 4) is 17.9 Å². The summed E-state index contributed by atoms with van der Waals surface area (Å²) < 4.78 is 21.1. The van der Waals surface area contributed by atoms with Crippen molar-refractivity contribution in [2.75, 3.05) is 28.2 Å². The number of rotatable bonds is 4. The summed E-state index contributed by atoms with van der Waals surface area (Å²) in [5, 5.41) is 17.8. The lowest BCUT2D eigenvalue weighted by Crippen LogP contribution is -2.24. The molecule has 1 aromatic rings. The first-order valence-corrected chi connectivity index (χ1v) is 6.97. The molecule has 0 saturated carbocycles. The highest BCUT2D eigenvalue weighted by atomic mass is 31.2. The Hall–Kier alpha value is -1.85. The van der Waals surface area contributed by atoms with E-state index in [9.17, 15) is 4.57 Å². The first kappa shape index (κ1) is 15.2. The van der Waals surface area contributed by atoms with Crippen LogP contribution in [0.15, 0.2) is 18.2 Å². The van der Waals surface area contributed by atoms with Crippen molar-refractivity contribution in [2.24, 2.45) is 0 Å². The van der Waals surface area contributed by atoms with Gasteiger partial charge in [-0.05, 0) is 46.4 Å². The minimum atomic E-state index is -3.22. The molecule has 0 spiro atoms. The van der Waals surface area contributed by atoms with Crippen LogP contribution in [0.4, 0.5) is 0 Å². The SMILES string of the molecule is CN(C)P(=O)(Oc1ccc(C#N)cc1C#N)N(C)C. The second kappa shape index (κ2) is 5.86. The highest BCUT2D eigenvalue weighted by Gasteiger charge is 2.32. The summed E-state index contributed by atoms with van der Waals surface area (Å²) in [6.45, 7) is 0. The van der Waals surface area contributed by atoms with Crippen molar-refractivity contribution in [3.63, 3.8) is 0 Å². The van der Waals surface area contributed by atoms with Crippen LogP contribution in [0.3, 0.4) is 0 Å². The zero-order chi connectivity index (χ0) is 14.6. The first-order chi connectivity index (χ1) is 8.85. The van der Waals surface area contributed by atoms with Gasteiger partial charge in [0.2, 0.25) is 0 Å². The zero-order valence-corrected chi connectivity index (χ0v) is 12.2. The molecular weight excluding hydrogens is 263 g/mol. The third-order valence-electron chi connectivity index (χ3n) is 2.46. The molecule has 0 heterocycles. The molecule has 19 heavy (non-hydrogen) atoms. The maximum atomic E-state index is 12.7. The lowest BCUT2D eigenvalue weighted by Gasteiger charge is -2.29. The lowest BCUT2D eigenvalue weighted by atomic mass is 10.1. The molecule has 0 saturated heterocycles. The van der Waals surface area contributed by atoms with Gasteiger partial charge in [0.15, 0.2) is 0 Å². The lowest BCUT2D eigenvalue weighted by molar-refractivity contribution is 0.353. The van der Waals surface area contributed by atoms with Crippen LogP contribution in [0.25, 0.3) is 0 Å². The van der Waals surface area contributed by atoms with E-state index in [1.165, 1.54) is 27.5 Å². The van der Waals surface area contributed by atoms with Gasteiger partial charge in [-0.25, -0.2) is 13.9 Å². The van der Waals surface area contributed by atoms with Gasteiger partial charge >= 0.3 is 7.67 Å². The van der Waals surface area contributed by atoms with Crippen LogP contribution in [0.2, 0.25) is 0 Å². The van der Waals surface area contributed by atoms with Crippen molar-refractivity contribution < 1.29 is 9.09 Å². The van der Waals surface area contributed by atoms with Gasteiger partial charge in [0.05, 0.1) is 17.2 Å². The van der Waals surface area contributed by atoms with E-state index in [-0.39, 0.29) is 11.3 Å². The van der Waals surface area contributed by atoms with Crippen molar-refractivity contribution in [3.05, 3.63) is 29.3 Å². The standard InChI is InChI=1S/C12H15N4O2P/c1-15(2)19(17,16(3)4)18-12-6-5-10(8-13)7-11(12)9-14/h5-7H,1-4H3. The molecule has 100 valence electrons. The fourth-order valence-electron chi connectivity index (χ4n) is 1.42. The van der Waals surface area contributed by atoms with Crippen LogP contribution >= 0.6 is 7.67 Å². The molecule has 1 aromatic carbocycles. The number of hydrogen-bond donors (Lipinski definition) is 0. The van der Waals surface area contributed by atoms with Crippen LogP contribution in [0, 0.1) is 22.7 Å². The predicted molar refractivity (Wildman–Crippen MR) is 71.5 cm³/mol. The summed E-state index contributed by atoms with van der Waals surface area (Å²) in [5.41, 5.74) is 0.538. The smallest absolute Gasteiger partial charge is 0.394 e. The largest absolute Gasteiger partial charge is 0.420 e. The molecule has 0 aromatic heterocycles. The first-order valence-electron chi connectivity index (χ1n) is 5.44. The maximum Gasteiger partial charge on any atom is 0.394 e. The highest BCUT2D eigenvalue weighted by molar-refractivity contribution is 7.54. The molecule has 0 atom stereocenters. The van der Waals surface area contributed by atoms with Crippen LogP contribution < -0.4 is 4.52 Å². The molecule has 0 radical (unpaired) electrons. The Morgan fingerprint density at radius 1 is 1.11 bits per heavy atom. The van der Waals surface area contributed by atoms with Gasteiger partial charge in [-0.2, -0.15) is 10.5 Å². The average molecular weight is 278 g/mol. The number of benzene rings is 1. The van der Waals surface area contributed by atoms with E-state index in [0.717, 1.165) is 0 Å². The normalized spacial score (nSPS) is 11.2. The van der Waals surface area contributed by atoms with Crippen LogP contribution in [0.1, 0.15) is 11.1 Å². The summed E-state index contributed by atoms with van der Waals surface area (Å²) in [5.74, 6) is 0.201. The minimum absolute atomic E-state index is 0.183. The predicted octanol–water partition coefficient (Wildman–Crippen LogP) is 2.04. The molecule has 0 N–H and O–H groups in total. The Labute approximate surface area is 113 Å². The van der Waals surface area contributed by atoms with Gasteiger partial charge in [-0.1, -0.05) is 0 Å². The van der Waals surface area contributed by atoms with Crippen molar-refractivity contribution >= 4 is 7.67 Å². The van der Waals surface area contributed by atoms with Crippen molar-refractivity contribution in [2.45, 2.75) is 0 Å². The summed E-state index contributed by atoms with van der Waals surface area (Å²) in [6, 6.07) is 8.29. The molecule has 1 rings (SSSR count). The van der Waals surface area contributed by atoms with Crippen LogP contribution in [0.5, 0.6) is 5.75 Å². The third kappa shape index (κ3) is 3.13. The molecule has 0 aliphatic heterocycles. The van der Waals surface area contributed by atoms with Gasteiger partial charge in [-0.3, -0.25) is 0 Å². The van der Waals surface area contributed by atoms with E-state index in [2.05, 4.69) is 0 Å². The number of hydrogen-bond acceptors (Lipinski definition) is 4. The fourth-order valence-corrected chi connectivity index (χ4v) is 2.87. The van der Waals surface area contributed by atoms with Gasteiger partial charge in [0, 0.05) is 0 Å². The van der Waals surface area contributed by atoms with Crippen LogP contribution in [-0.2, 0) is 4.57 Å². The molecule has 0 bridgehead atoms. The summed E-state index contributed by atoms with van der Waals surface area (Å²) in [6.07, 6.45) is 0. The Kier molecular flexibility index (Phi) is 4.69. The van der Waals surface area contributed by atoms with Gasteiger partial charge in [-0.15, -0.1) is 0 Å². The molecule has 7 heteroatoms. The second-order valence-corrected chi connectivity index (χ2v) is 6.97. The van der Waals surface area contributed by atoms with Gasteiger partial charge < -0.3 is 4.52 Å².